The van der Waals surface area contributed by atoms with Gasteiger partial charge in [-0.05, 0) is 179 Å². The molecule has 0 bridgehead atoms. The van der Waals surface area contributed by atoms with E-state index in [-0.39, 0.29) is 27.1 Å². The Labute approximate surface area is 414 Å². The summed E-state index contributed by atoms with van der Waals surface area (Å²) in [6.07, 6.45) is 0. The van der Waals surface area contributed by atoms with Crippen LogP contribution in [0.15, 0.2) is 158 Å². The molecule has 0 saturated heterocycles. The molecular weight excluding hydrogens is 831 g/mol. The largest absolute Gasteiger partial charge is 0.310 e. The molecule has 0 spiro atoms. The topological polar surface area (TPSA) is 3.24 Å². The van der Waals surface area contributed by atoms with Crippen molar-refractivity contribution < 1.29 is 0 Å². The Hall–Kier alpha value is -6.44. The summed E-state index contributed by atoms with van der Waals surface area (Å²) in [5.41, 5.74) is 28.4. The molecule has 0 heterocycles. The SMILES string of the molecule is Cc1ccc(N(c2ccc(-c3ccc(C(C)(C)C)cc3)cc2)c2cc(-c3ccc4c(c3)C(C)(C)c3cc(C(C)(C)C)ccc3-4)c(C)c(-c3ccc4c(c3)C(C)(C)c3cc(C(C)(C)C)ccc3-4)c2)cc1. The molecule has 0 amide bonds. The predicted octanol–water partition coefficient (Wildman–Crippen LogP) is 19.3. The molecule has 2 aliphatic carbocycles. The molecular formula is C68H71N. The maximum absolute atomic E-state index is 2.51. The van der Waals surface area contributed by atoms with Crippen LogP contribution in [0.1, 0.15) is 140 Å². The zero-order chi connectivity index (χ0) is 49.2. The van der Waals surface area contributed by atoms with Crippen LogP contribution in [0.25, 0.3) is 55.6 Å². The van der Waals surface area contributed by atoms with E-state index in [2.05, 4.69) is 266 Å². The summed E-state index contributed by atoms with van der Waals surface area (Å²) >= 11 is 0. The highest BCUT2D eigenvalue weighted by Gasteiger charge is 2.38. The molecule has 10 rings (SSSR count). The molecule has 1 nitrogen and oxygen atoms in total. The minimum Gasteiger partial charge on any atom is -0.310 e. The van der Waals surface area contributed by atoms with Crippen molar-refractivity contribution in [3.8, 4) is 55.6 Å². The monoisotopic (exact) mass is 902 g/mol. The van der Waals surface area contributed by atoms with E-state index in [1.54, 1.807) is 0 Å². The number of rotatable bonds is 6. The van der Waals surface area contributed by atoms with Crippen LogP contribution in [0, 0.1) is 13.8 Å². The normalized spacial score (nSPS) is 14.5. The highest BCUT2D eigenvalue weighted by molar-refractivity contribution is 5.92. The molecule has 69 heavy (non-hydrogen) atoms. The first-order valence-corrected chi connectivity index (χ1v) is 25.2. The lowest BCUT2D eigenvalue weighted by Crippen LogP contribution is -2.17. The Morgan fingerprint density at radius 1 is 0.304 bits per heavy atom. The number of nitrogens with zero attached hydrogens (tertiary/aromatic N) is 1. The van der Waals surface area contributed by atoms with Gasteiger partial charge in [0.1, 0.15) is 0 Å². The van der Waals surface area contributed by atoms with Gasteiger partial charge in [0.15, 0.2) is 0 Å². The van der Waals surface area contributed by atoms with Crippen molar-refractivity contribution >= 4 is 17.1 Å². The van der Waals surface area contributed by atoms with Crippen LogP contribution in [0.4, 0.5) is 17.1 Å². The van der Waals surface area contributed by atoms with Crippen molar-refractivity contribution in [2.75, 3.05) is 4.90 Å². The van der Waals surface area contributed by atoms with Gasteiger partial charge in [0.25, 0.3) is 0 Å². The minimum atomic E-state index is -0.146. The van der Waals surface area contributed by atoms with Crippen LogP contribution in [-0.2, 0) is 27.1 Å². The van der Waals surface area contributed by atoms with Crippen LogP contribution in [0.5, 0.6) is 0 Å². The van der Waals surface area contributed by atoms with Crippen molar-refractivity contribution in [2.24, 2.45) is 0 Å². The standard InChI is InChI=1S/C68H71N/c1-42-16-28-51(29-17-42)69(52-30-20-45(21-31-52)44-18-24-48(25-19-44)64(3,4)5)53-40-58(46-22-32-54-56-34-26-49(65(6,7)8)38-62(56)67(12,13)60(54)36-46)43(2)59(41-53)47-23-33-55-57-35-27-50(66(9,10)11)39-63(57)68(14,15)61(55)37-47/h16-41H,1-15H3. The summed E-state index contributed by atoms with van der Waals surface area (Å²) in [5, 5.41) is 0. The lowest BCUT2D eigenvalue weighted by atomic mass is 9.78. The summed E-state index contributed by atoms with van der Waals surface area (Å²) in [7, 11) is 0. The average Bonchev–Trinajstić information content (AvgIpc) is 3.67. The van der Waals surface area contributed by atoms with Gasteiger partial charge >= 0.3 is 0 Å². The molecule has 0 N–H and O–H groups in total. The van der Waals surface area contributed by atoms with E-state index in [0.29, 0.717) is 0 Å². The van der Waals surface area contributed by atoms with Gasteiger partial charge < -0.3 is 4.90 Å². The van der Waals surface area contributed by atoms with Crippen molar-refractivity contribution in [3.63, 3.8) is 0 Å². The van der Waals surface area contributed by atoms with Gasteiger partial charge in [-0.25, -0.2) is 0 Å². The molecule has 0 saturated carbocycles. The van der Waals surface area contributed by atoms with E-state index in [1.807, 2.05) is 0 Å². The first-order chi connectivity index (χ1) is 32.4. The highest BCUT2D eigenvalue weighted by Crippen LogP contribution is 2.54. The first-order valence-electron chi connectivity index (χ1n) is 25.2. The number of fused-ring (bicyclic) bond motifs is 6. The van der Waals surface area contributed by atoms with Gasteiger partial charge in [0, 0.05) is 27.9 Å². The Morgan fingerprint density at radius 2 is 0.623 bits per heavy atom. The zero-order valence-corrected chi connectivity index (χ0v) is 44.0. The van der Waals surface area contributed by atoms with Crippen molar-refractivity contribution in [1.29, 1.82) is 0 Å². The molecule has 348 valence electrons. The maximum atomic E-state index is 2.51. The molecule has 0 aliphatic heterocycles. The van der Waals surface area contributed by atoms with Gasteiger partial charge in [-0.1, -0.05) is 205 Å². The van der Waals surface area contributed by atoms with Gasteiger partial charge in [-0.3, -0.25) is 0 Å². The number of hydrogen-bond acceptors (Lipinski definition) is 1. The molecule has 8 aromatic rings. The average molecular weight is 902 g/mol. The summed E-state index contributed by atoms with van der Waals surface area (Å²) < 4.78 is 0. The van der Waals surface area contributed by atoms with E-state index >= 15 is 0 Å². The molecule has 1 heteroatoms. The van der Waals surface area contributed by atoms with Crippen LogP contribution >= 0.6 is 0 Å². The first kappa shape index (κ1) is 46.3. The van der Waals surface area contributed by atoms with Crippen molar-refractivity contribution in [1.82, 2.24) is 0 Å². The third kappa shape index (κ3) is 7.97. The fourth-order valence-corrected chi connectivity index (χ4v) is 11.3. The lowest BCUT2D eigenvalue weighted by Gasteiger charge is -2.29. The Balaban J connectivity index is 1.16. The number of hydrogen-bond donors (Lipinski definition) is 0. The smallest absolute Gasteiger partial charge is 0.0474 e. The molecule has 0 aromatic heterocycles. The quantitative estimate of drug-likeness (QED) is 0.161. The van der Waals surface area contributed by atoms with Crippen LogP contribution < -0.4 is 4.90 Å². The summed E-state index contributed by atoms with van der Waals surface area (Å²) in [4.78, 5) is 2.46. The molecule has 0 fully saturated rings. The van der Waals surface area contributed by atoms with Gasteiger partial charge in [-0.2, -0.15) is 0 Å². The Kier molecular flexibility index (Phi) is 10.8. The lowest BCUT2D eigenvalue weighted by molar-refractivity contribution is 0.584. The minimum absolute atomic E-state index is 0.0747. The number of benzene rings is 8. The number of anilines is 3. The van der Waals surface area contributed by atoms with Crippen molar-refractivity contribution in [3.05, 3.63) is 208 Å². The third-order valence-corrected chi connectivity index (χ3v) is 15.9. The predicted molar refractivity (Wildman–Crippen MR) is 298 cm³/mol. The van der Waals surface area contributed by atoms with E-state index in [4.69, 9.17) is 0 Å². The highest BCUT2D eigenvalue weighted by atomic mass is 15.1. The van der Waals surface area contributed by atoms with E-state index in [1.165, 1.54) is 106 Å². The van der Waals surface area contributed by atoms with Gasteiger partial charge in [0.2, 0.25) is 0 Å². The second-order valence-electron chi connectivity index (χ2n) is 24.5. The van der Waals surface area contributed by atoms with Crippen molar-refractivity contribution in [2.45, 2.75) is 131 Å². The molecule has 0 atom stereocenters. The Morgan fingerprint density at radius 3 is 1.01 bits per heavy atom. The second-order valence-corrected chi connectivity index (χ2v) is 24.5. The van der Waals surface area contributed by atoms with E-state index < -0.39 is 0 Å². The van der Waals surface area contributed by atoms with E-state index in [0.717, 1.165) is 17.1 Å². The number of aryl methyl sites for hydroxylation is 1. The summed E-state index contributed by atoms with van der Waals surface area (Å²) in [6.45, 7) is 34.9. The van der Waals surface area contributed by atoms with E-state index in [9.17, 15) is 0 Å². The second kappa shape index (κ2) is 16.1. The molecule has 2 aliphatic rings. The fraction of sp³-hybridized carbons (Fsp3) is 0.294. The van der Waals surface area contributed by atoms with Crippen LogP contribution in [0.2, 0.25) is 0 Å². The molecule has 0 unspecified atom stereocenters. The van der Waals surface area contributed by atoms with Crippen LogP contribution in [-0.4, -0.2) is 0 Å². The molecule has 8 aromatic carbocycles. The zero-order valence-electron chi connectivity index (χ0n) is 44.0. The summed E-state index contributed by atoms with van der Waals surface area (Å²) in [6, 6.07) is 61.1. The fourth-order valence-electron chi connectivity index (χ4n) is 11.3. The van der Waals surface area contributed by atoms with Gasteiger partial charge in [0.05, 0.1) is 0 Å². The Bertz CT molecular complexity index is 3150. The molecule has 0 radical (unpaired) electrons. The third-order valence-electron chi connectivity index (χ3n) is 15.9. The maximum Gasteiger partial charge on any atom is 0.0474 e. The van der Waals surface area contributed by atoms with Crippen LogP contribution in [0.3, 0.4) is 0 Å². The van der Waals surface area contributed by atoms with Gasteiger partial charge in [-0.15, -0.1) is 0 Å². The summed E-state index contributed by atoms with van der Waals surface area (Å²) in [5.74, 6) is 0.